The van der Waals surface area contributed by atoms with E-state index in [9.17, 15) is 5.11 Å². The summed E-state index contributed by atoms with van der Waals surface area (Å²) < 4.78 is 0. The number of hydrogen-bond acceptors (Lipinski definition) is 1. The van der Waals surface area contributed by atoms with Gasteiger partial charge in [0.2, 0.25) is 0 Å². The molecule has 14 heavy (non-hydrogen) atoms. The zero-order valence-corrected chi connectivity index (χ0v) is 9.26. The van der Waals surface area contributed by atoms with Crippen LogP contribution in [0.3, 0.4) is 0 Å². The normalized spacial score (nSPS) is 18.9. The molecule has 0 radical (unpaired) electrons. The van der Waals surface area contributed by atoms with E-state index < -0.39 is 0 Å². The summed E-state index contributed by atoms with van der Waals surface area (Å²) in [5.41, 5.74) is 2.61. The van der Waals surface area contributed by atoms with Crippen molar-refractivity contribution in [2.75, 3.05) is 0 Å². The summed E-state index contributed by atoms with van der Waals surface area (Å²) in [4.78, 5) is 0. The Labute approximate surface area is 87.5 Å². The molecule has 1 unspecified atom stereocenters. The van der Waals surface area contributed by atoms with Crippen LogP contribution in [0.15, 0.2) is 23.8 Å². The summed E-state index contributed by atoms with van der Waals surface area (Å²) in [5, 5.41) is 9.80. The zero-order valence-electron chi connectivity index (χ0n) is 9.26. The predicted molar refractivity (Wildman–Crippen MR) is 61.2 cm³/mol. The number of aliphatic hydroxyl groups is 1. The van der Waals surface area contributed by atoms with E-state index in [1.165, 1.54) is 31.3 Å². The highest BCUT2D eigenvalue weighted by Crippen LogP contribution is 2.23. The molecule has 1 aliphatic carbocycles. The van der Waals surface area contributed by atoms with Crippen LogP contribution in [0.4, 0.5) is 0 Å². The molecule has 1 rings (SSSR count). The molecule has 0 amide bonds. The Morgan fingerprint density at radius 3 is 2.93 bits per heavy atom. The summed E-state index contributed by atoms with van der Waals surface area (Å²) in [6.45, 7) is 6.02. The lowest BCUT2D eigenvalue weighted by atomic mass is 9.93. The van der Waals surface area contributed by atoms with E-state index >= 15 is 0 Å². The molecule has 1 N–H and O–H groups in total. The monoisotopic (exact) mass is 194 g/mol. The maximum atomic E-state index is 9.80. The van der Waals surface area contributed by atoms with E-state index in [4.69, 9.17) is 0 Å². The van der Waals surface area contributed by atoms with Crippen LogP contribution in [-0.2, 0) is 0 Å². The molecular weight excluding hydrogens is 172 g/mol. The molecule has 0 spiro atoms. The van der Waals surface area contributed by atoms with Gasteiger partial charge in [-0.2, -0.15) is 0 Å². The molecule has 0 aliphatic heterocycles. The van der Waals surface area contributed by atoms with Crippen molar-refractivity contribution < 1.29 is 5.11 Å². The molecule has 0 saturated heterocycles. The smallest absolute Gasteiger partial charge is 0.0614 e. The van der Waals surface area contributed by atoms with Gasteiger partial charge in [0.25, 0.3) is 0 Å². The number of aliphatic hydroxyl groups excluding tert-OH is 1. The average molecular weight is 194 g/mol. The standard InChI is InChI=1S/C13H22O/c1-3-11(2)9-13(14)10-12-7-5-4-6-8-12/h7,13-14H,2-6,8-10H2,1H3. The number of allylic oxidation sites excluding steroid dienone is 1. The predicted octanol–water partition coefficient (Wildman–Crippen LogP) is 3.59. The minimum absolute atomic E-state index is 0.202. The van der Waals surface area contributed by atoms with Crippen LogP contribution < -0.4 is 0 Å². The van der Waals surface area contributed by atoms with Crippen LogP contribution in [-0.4, -0.2) is 11.2 Å². The van der Waals surface area contributed by atoms with Crippen LogP contribution >= 0.6 is 0 Å². The zero-order chi connectivity index (χ0) is 10.4. The first-order valence-corrected chi connectivity index (χ1v) is 5.75. The molecular formula is C13H22O. The highest BCUT2D eigenvalue weighted by Gasteiger charge is 2.10. The average Bonchev–Trinajstić information content (AvgIpc) is 2.19. The van der Waals surface area contributed by atoms with Crippen LogP contribution in [0.1, 0.15) is 51.9 Å². The SMILES string of the molecule is C=C(CC)CC(O)CC1=CCCCC1. The van der Waals surface area contributed by atoms with Gasteiger partial charge in [-0.15, -0.1) is 0 Å². The van der Waals surface area contributed by atoms with E-state index in [0.29, 0.717) is 0 Å². The largest absolute Gasteiger partial charge is 0.392 e. The van der Waals surface area contributed by atoms with E-state index in [-0.39, 0.29) is 6.10 Å². The van der Waals surface area contributed by atoms with E-state index in [0.717, 1.165) is 24.8 Å². The molecule has 0 saturated carbocycles. The van der Waals surface area contributed by atoms with Gasteiger partial charge in [-0.1, -0.05) is 30.7 Å². The van der Waals surface area contributed by atoms with Crippen LogP contribution in [0.5, 0.6) is 0 Å². The van der Waals surface area contributed by atoms with Gasteiger partial charge >= 0.3 is 0 Å². The van der Waals surface area contributed by atoms with Gasteiger partial charge < -0.3 is 5.11 Å². The second-order valence-electron chi connectivity index (χ2n) is 4.27. The van der Waals surface area contributed by atoms with Crippen molar-refractivity contribution in [3.05, 3.63) is 23.8 Å². The second-order valence-corrected chi connectivity index (χ2v) is 4.27. The van der Waals surface area contributed by atoms with Crippen LogP contribution in [0.2, 0.25) is 0 Å². The summed E-state index contributed by atoms with van der Waals surface area (Å²) in [6.07, 6.45) is 9.73. The maximum absolute atomic E-state index is 9.80. The highest BCUT2D eigenvalue weighted by molar-refractivity contribution is 5.07. The fourth-order valence-electron chi connectivity index (χ4n) is 1.94. The van der Waals surface area contributed by atoms with Crippen molar-refractivity contribution in [2.45, 2.75) is 58.0 Å². The minimum Gasteiger partial charge on any atom is -0.392 e. The molecule has 0 aromatic carbocycles. The van der Waals surface area contributed by atoms with Crippen molar-refractivity contribution in [3.63, 3.8) is 0 Å². The molecule has 0 aromatic rings. The van der Waals surface area contributed by atoms with Gasteiger partial charge in [-0.05, 0) is 44.9 Å². The maximum Gasteiger partial charge on any atom is 0.0614 e. The lowest BCUT2D eigenvalue weighted by Gasteiger charge is -2.17. The molecule has 1 atom stereocenters. The topological polar surface area (TPSA) is 20.2 Å². The molecule has 80 valence electrons. The van der Waals surface area contributed by atoms with Gasteiger partial charge in [0.1, 0.15) is 0 Å². The molecule has 0 fully saturated rings. The molecule has 1 aliphatic rings. The third kappa shape index (κ3) is 4.10. The van der Waals surface area contributed by atoms with Crippen molar-refractivity contribution in [1.29, 1.82) is 0 Å². The van der Waals surface area contributed by atoms with Crippen molar-refractivity contribution in [1.82, 2.24) is 0 Å². The molecule has 1 heteroatoms. The van der Waals surface area contributed by atoms with Crippen molar-refractivity contribution >= 4 is 0 Å². The minimum atomic E-state index is -0.202. The third-order valence-corrected chi connectivity index (χ3v) is 2.91. The molecule has 1 nitrogen and oxygen atoms in total. The summed E-state index contributed by atoms with van der Waals surface area (Å²) in [7, 11) is 0. The van der Waals surface area contributed by atoms with E-state index in [1.807, 2.05) is 0 Å². The Kier molecular flexibility index (Phi) is 4.95. The van der Waals surface area contributed by atoms with Crippen molar-refractivity contribution in [3.8, 4) is 0 Å². The Balaban J connectivity index is 2.28. The first-order valence-electron chi connectivity index (χ1n) is 5.75. The summed E-state index contributed by atoms with van der Waals surface area (Å²) >= 11 is 0. The molecule has 0 bridgehead atoms. The summed E-state index contributed by atoms with van der Waals surface area (Å²) in [5.74, 6) is 0. The Bertz CT molecular complexity index is 215. The summed E-state index contributed by atoms with van der Waals surface area (Å²) in [6, 6.07) is 0. The quantitative estimate of drug-likeness (QED) is 0.663. The first-order chi connectivity index (χ1) is 6.72. The van der Waals surface area contributed by atoms with Gasteiger partial charge in [0, 0.05) is 0 Å². The van der Waals surface area contributed by atoms with Gasteiger partial charge in [0.05, 0.1) is 6.10 Å². The first kappa shape index (κ1) is 11.5. The van der Waals surface area contributed by atoms with Gasteiger partial charge in [-0.25, -0.2) is 0 Å². The molecule has 0 heterocycles. The van der Waals surface area contributed by atoms with Crippen LogP contribution in [0.25, 0.3) is 0 Å². The lowest BCUT2D eigenvalue weighted by Crippen LogP contribution is -2.09. The second kappa shape index (κ2) is 6.02. The van der Waals surface area contributed by atoms with E-state index in [1.54, 1.807) is 0 Å². The number of rotatable bonds is 5. The highest BCUT2D eigenvalue weighted by atomic mass is 16.3. The van der Waals surface area contributed by atoms with Gasteiger partial charge in [-0.3, -0.25) is 0 Å². The Morgan fingerprint density at radius 1 is 1.57 bits per heavy atom. The Morgan fingerprint density at radius 2 is 2.36 bits per heavy atom. The van der Waals surface area contributed by atoms with E-state index in [2.05, 4.69) is 19.6 Å². The van der Waals surface area contributed by atoms with Crippen LogP contribution in [0, 0.1) is 0 Å². The Hall–Kier alpha value is -0.560. The fourth-order valence-corrected chi connectivity index (χ4v) is 1.94. The van der Waals surface area contributed by atoms with Gasteiger partial charge in [0.15, 0.2) is 0 Å². The van der Waals surface area contributed by atoms with Crippen molar-refractivity contribution in [2.24, 2.45) is 0 Å². The third-order valence-electron chi connectivity index (χ3n) is 2.91. The lowest BCUT2D eigenvalue weighted by molar-refractivity contribution is 0.172. The fraction of sp³-hybridized carbons (Fsp3) is 0.692. The molecule has 0 aromatic heterocycles. The number of hydrogen-bond donors (Lipinski definition) is 1.